The molecule has 4 aromatic rings. The lowest BCUT2D eigenvalue weighted by Gasteiger charge is -2.55. The quantitative estimate of drug-likeness (QED) is 0.116. The van der Waals surface area contributed by atoms with Crippen molar-refractivity contribution in [2.75, 3.05) is 83.5 Å². The van der Waals surface area contributed by atoms with Gasteiger partial charge in [-0.15, -0.1) is 0 Å². The Morgan fingerprint density at radius 3 is 2.02 bits per heavy atom. The van der Waals surface area contributed by atoms with E-state index in [1.54, 1.807) is 32.1 Å². The minimum absolute atomic E-state index is 0.206. The first-order chi connectivity index (χ1) is 27.6. The molecule has 10 rings (SSSR count). The van der Waals surface area contributed by atoms with Gasteiger partial charge in [0.15, 0.2) is 5.65 Å². The van der Waals surface area contributed by atoms with Crippen molar-refractivity contribution in [3.8, 4) is 22.4 Å². The summed E-state index contributed by atoms with van der Waals surface area (Å²) in [5.74, 6) is 6.53. The van der Waals surface area contributed by atoms with E-state index in [4.69, 9.17) is 10.1 Å². The minimum atomic E-state index is 0.206. The van der Waals surface area contributed by atoms with Crippen LogP contribution in [0, 0.1) is 36.5 Å². The molecule has 0 atom stereocenters. The number of piperazine rings is 2. The number of aliphatic hydroxyl groups is 1. The van der Waals surface area contributed by atoms with Gasteiger partial charge in [0, 0.05) is 76.1 Å². The molecule has 8 nitrogen and oxygen atoms in total. The lowest BCUT2D eigenvalue weighted by Crippen LogP contribution is -2.49. The van der Waals surface area contributed by atoms with Crippen LogP contribution in [0.3, 0.4) is 0 Å². The second kappa shape index (κ2) is 17.7. The fourth-order valence-electron chi connectivity index (χ4n) is 11.9. The number of unbranched alkanes of at least 4 members (excludes halogenated alkanes) is 4. The average molecular weight is 758 g/mol. The topological polar surface area (TPSA) is 63.4 Å². The Labute approximate surface area is 336 Å². The van der Waals surface area contributed by atoms with Crippen LogP contribution in [0.25, 0.3) is 28.0 Å². The molecule has 56 heavy (non-hydrogen) atoms. The number of rotatable bonds is 16. The summed E-state index contributed by atoms with van der Waals surface area (Å²) in [6.45, 7) is 14.5. The maximum absolute atomic E-state index is 9.51. The summed E-state index contributed by atoms with van der Waals surface area (Å²) in [6, 6.07) is 21.9. The fraction of sp³-hybridized carbons (Fsp3) is 0.625. The summed E-state index contributed by atoms with van der Waals surface area (Å²) < 4.78 is 2.07. The number of benzene rings is 2. The van der Waals surface area contributed by atoms with Gasteiger partial charge in [-0.25, -0.2) is 4.98 Å². The maximum Gasteiger partial charge on any atom is 0.166 e. The van der Waals surface area contributed by atoms with E-state index in [0.717, 1.165) is 103 Å². The molecule has 0 spiro atoms. The van der Waals surface area contributed by atoms with Gasteiger partial charge in [-0.3, -0.25) is 4.90 Å². The fourth-order valence-corrected chi connectivity index (χ4v) is 11.9. The van der Waals surface area contributed by atoms with Gasteiger partial charge in [0.05, 0.1) is 18.0 Å². The smallest absolute Gasteiger partial charge is 0.166 e. The lowest BCUT2D eigenvalue weighted by molar-refractivity contribution is -0.0437. The Kier molecular flexibility index (Phi) is 12.1. The predicted molar refractivity (Wildman–Crippen MR) is 229 cm³/mol. The van der Waals surface area contributed by atoms with E-state index >= 15 is 0 Å². The van der Waals surface area contributed by atoms with E-state index in [-0.39, 0.29) is 6.61 Å². The van der Waals surface area contributed by atoms with Crippen molar-refractivity contribution in [2.45, 2.75) is 84.0 Å². The molecule has 6 fully saturated rings. The van der Waals surface area contributed by atoms with E-state index in [9.17, 15) is 5.11 Å². The maximum atomic E-state index is 9.51. The first-order valence-corrected chi connectivity index (χ1v) is 22.7. The Morgan fingerprint density at radius 1 is 0.643 bits per heavy atom. The molecule has 0 amide bonds. The molecular formula is C48H67N7O. The number of β-amino-alcohol motifs (C(OH)–C–C–N with tert-alkyl or cyclic N) is 1. The Hall–Kier alpha value is -3.30. The summed E-state index contributed by atoms with van der Waals surface area (Å²) in [5, 5.41) is 14.6. The average Bonchev–Trinajstić information content (AvgIpc) is 3.56. The third-order valence-corrected chi connectivity index (χ3v) is 14.7. The lowest BCUT2D eigenvalue weighted by atomic mass is 9.51. The highest BCUT2D eigenvalue weighted by atomic mass is 16.3. The van der Waals surface area contributed by atoms with E-state index in [2.05, 4.69) is 91.7 Å². The zero-order valence-corrected chi connectivity index (χ0v) is 34.2. The first-order valence-electron chi connectivity index (χ1n) is 22.7. The number of aromatic nitrogens is 3. The second-order valence-corrected chi connectivity index (χ2v) is 18.4. The van der Waals surface area contributed by atoms with Crippen molar-refractivity contribution < 1.29 is 5.11 Å². The van der Waals surface area contributed by atoms with Crippen LogP contribution in [0.1, 0.15) is 81.9 Å². The zero-order chi connectivity index (χ0) is 37.8. The monoisotopic (exact) mass is 758 g/mol. The van der Waals surface area contributed by atoms with E-state index in [0.29, 0.717) is 0 Å². The molecule has 4 heterocycles. The van der Waals surface area contributed by atoms with Crippen molar-refractivity contribution >= 4 is 11.5 Å². The SMILES string of the molecule is Cc1nn2c(N3CCN(CCO)CC3)cc(-c3cccc(CCCCCCCN4CCN(CCC5C6CC7CC(C6)CC5C7)CC4)c3)nc2c1-c1ccccc1. The second-order valence-electron chi connectivity index (χ2n) is 18.4. The molecule has 1 N–H and O–H groups in total. The van der Waals surface area contributed by atoms with Gasteiger partial charge >= 0.3 is 0 Å². The van der Waals surface area contributed by atoms with Gasteiger partial charge < -0.3 is 19.8 Å². The van der Waals surface area contributed by atoms with Gasteiger partial charge in [-0.1, -0.05) is 67.8 Å². The minimum Gasteiger partial charge on any atom is -0.395 e. The van der Waals surface area contributed by atoms with Crippen LogP contribution in [-0.2, 0) is 6.42 Å². The molecule has 4 aliphatic carbocycles. The molecule has 4 bridgehead atoms. The highest BCUT2D eigenvalue weighted by Gasteiger charge is 2.47. The number of anilines is 1. The molecule has 0 unspecified atom stereocenters. The molecule has 2 aliphatic heterocycles. The van der Waals surface area contributed by atoms with Gasteiger partial charge in [0.1, 0.15) is 5.82 Å². The van der Waals surface area contributed by atoms with Gasteiger partial charge in [-0.05, 0) is 125 Å². The van der Waals surface area contributed by atoms with Crippen molar-refractivity contribution in [2.24, 2.45) is 29.6 Å². The molecule has 2 saturated heterocycles. The first kappa shape index (κ1) is 38.2. The Balaban J connectivity index is 0.750. The van der Waals surface area contributed by atoms with Crippen LogP contribution in [0.4, 0.5) is 5.82 Å². The summed E-state index contributed by atoms with van der Waals surface area (Å²) in [4.78, 5) is 15.7. The standard InChI is InChI=1S/C48H67N7O/c1-36-47(40-13-7-5-8-14-40)48-49-45(35-46(55(48)50-36)54-25-23-53(24-26-54)27-28-56)41-15-10-12-37(30-41)11-6-3-2-4-9-17-51-19-21-52(22-20-51)18-16-44-42-31-38-29-39(33-42)34-43(44)32-38/h5,7-8,10,12-15,30,35,38-39,42-44,56H,2-4,6,9,11,16-29,31-34H2,1H3. The van der Waals surface area contributed by atoms with Gasteiger partial charge in [0.2, 0.25) is 0 Å². The number of hydrogen-bond acceptors (Lipinski definition) is 7. The number of fused-ring (bicyclic) bond motifs is 1. The van der Waals surface area contributed by atoms with Crippen molar-refractivity contribution in [1.29, 1.82) is 0 Å². The van der Waals surface area contributed by atoms with Crippen molar-refractivity contribution in [3.63, 3.8) is 0 Å². The third-order valence-electron chi connectivity index (χ3n) is 14.7. The largest absolute Gasteiger partial charge is 0.395 e. The van der Waals surface area contributed by atoms with Crippen LogP contribution < -0.4 is 4.90 Å². The Morgan fingerprint density at radius 2 is 1.29 bits per heavy atom. The number of aliphatic hydroxyl groups excluding tert-OH is 1. The highest BCUT2D eigenvalue weighted by Crippen LogP contribution is 2.57. The van der Waals surface area contributed by atoms with Crippen molar-refractivity contribution in [1.82, 2.24) is 29.3 Å². The van der Waals surface area contributed by atoms with E-state index in [1.165, 1.54) is 88.9 Å². The number of nitrogens with zero attached hydrogens (tertiary/aromatic N) is 7. The Bertz CT molecular complexity index is 1850. The van der Waals surface area contributed by atoms with Crippen LogP contribution in [0.15, 0.2) is 60.7 Å². The number of aryl methyl sites for hydroxylation is 2. The summed E-state index contributed by atoms with van der Waals surface area (Å²) in [6.07, 6.45) is 17.0. The van der Waals surface area contributed by atoms with Crippen LogP contribution >= 0.6 is 0 Å². The molecule has 4 saturated carbocycles. The predicted octanol–water partition coefficient (Wildman–Crippen LogP) is 8.06. The zero-order valence-electron chi connectivity index (χ0n) is 34.2. The molecular weight excluding hydrogens is 691 g/mol. The molecule has 300 valence electrons. The van der Waals surface area contributed by atoms with Crippen LogP contribution in [0.5, 0.6) is 0 Å². The van der Waals surface area contributed by atoms with Gasteiger partial charge in [-0.2, -0.15) is 9.61 Å². The third kappa shape index (κ3) is 8.60. The van der Waals surface area contributed by atoms with Crippen LogP contribution in [-0.4, -0.2) is 113 Å². The van der Waals surface area contributed by atoms with E-state index in [1.807, 2.05) is 0 Å². The van der Waals surface area contributed by atoms with E-state index < -0.39 is 0 Å². The molecule has 2 aromatic carbocycles. The van der Waals surface area contributed by atoms with Gasteiger partial charge in [0.25, 0.3) is 0 Å². The summed E-state index contributed by atoms with van der Waals surface area (Å²) in [7, 11) is 0. The normalized spacial score (nSPS) is 25.8. The molecule has 8 heteroatoms. The molecule has 2 aromatic heterocycles. The highest BCUT2D eigenvalue weighted by molar-refractivity contribution is 5.83. The summed E-state index contributed by atoms with van der Waals surface area (Å²) >= 11 is 0. The van der Waals surface area contributed by atoms with Crippen molar-refractivity contribution in [3.05, 3.63) is 71.9 Å². The molecule has 0 radical (unpaired) electrons. The summed E-state index contributed by atoms with van der Waals surface area (Å²) in [5.41, 5.74) is 7.75. The number of hydrogen-bond donors (Lipinski definition) is 1. The molecule has 6 aliphatic rings. The van der Waals surface area contributed by atoms with Crippen LogP contribution in [0.2, 0.25) is 0 Å².